The van der Waals surface area contributed by atoms with Crippen LogP contribution < -0.4 is 10.6 Å². The van der Waals surface area contributed by atoms with E-state index >= 15 is 0 Å². The Hall–Kier alpha value is -2.81. The van der Waals surface area contributed by atoms with Crippen LogP contribution in [0, 0.1) is 0 Å². The van der Waals surface area contributed by atoms with E-state index in [1.807, 2.05) is 6.92 Å². The molecule has 0 radical (unpaired) electrons. The second-order valence-electron chi connectivity index (χ2n) is 8.23. The van der Waals surface area contributed by atoms with Crippen molar-refractivity contribution in [3.63, 3.8) is 0 Å². The van der Waals surface area contributed by atoms with E-state index < -0.39 is 42.2 Å². The number of nitrogens with zero attached hydrogens (tertiary/aromatic N) is 1. The van der Waals surface area contributed by atoms with E-state index in [0.717, 1.165) is 17.7 Å². The highest BCUT2D eigenvalue weighted by molar-refractivity contribution is 5.92. The standard InChI is InChI=1S/C22H35N3O6/c1-6-7-12-23-19(28)18(16-10-8-9-11-17(16)27)25(13-14-26)20(29)15(2)24-21(30)31-22(3,4)5/h8-11,15,18,26-27H,6-7,12-14H2,1-5H3,(H,23,28)(H,24,30). The number of unbranched alkanes of at least 4 members (excludes halogenated alkanes) is 1. The minimum absolute atomic E-state index is 0.151. The number of ether oxygens (including phenoxy) is 1. The number of aliphatic hydroxyl groups is 1. The monoisotopic (exact) mass is 437 g/mol. The van der Waals surface area contributed by atoms with Gasteiger partial charge in [0.05, 0.1) is 6.61 Å². The van der Waals surface area contributed by atoms with Crippen LogP contribution in [-0.2, 0) is 14.3 Å². The molecule has 2 atom stereocenters. The Kier molecular flexibility index (Phi) is 10.3. The van der Waals surface area contributed by atoms with E-state index in [1.54, 1.807) is 39.0 Å². The first kappa shape index (κ1) is 26.2. The summed E-state index contributed by atoms with van der Waals surface area (Å²) in [5.41, 5.74) is -0.516. The zero-order chi connectivity index (χ0) is 23.6. The first-order valence-corrected chi connectivity index (χ1v) is 10.5. The lowest BCUT2D eigenvalue weighted by molar-refractivity contribution is -0.142. The Balaban J connectivity index is 3.19. The third-order valence-electron chi connectivity index (χ3n) is 4.35. The molecule has 31 heavy (non-hydrogen) atoms. The molecule has 0 aliphatic carbocycles. The van der Waals surface area contributed by atoms with Gasteiger partial charge < -0.3 is 30.5 Å². The van der Waals surface area contributed by atoms with Gasteiger partial charge in [-0.2, -0.15) is 0 Å². The van der Waals surface area contributed by atoms with Crippen molar-refractivity contribution in [3.05, 3.63) is 29.8 Å². The van der Waals surface area contributed by atoms with E-state index in [0.29, 0.717) is 6.54 Å². The van der Waals surface area contributed by atoms with Crippen molar-refractivity contribution in [1.82, 2.24) is 15.5 Å². The molecule has 0 fully saturated rings. The number of nitrogens with one attached hydrogen (secondary N) is 2. The number of rotatable bonds is 10. The highest BCUT2D eigenvalue weighted by atomic mass is 16.6. The summed E-state index contributed by atoms with van der Waals surface area (Å²) in [7, 11) is 0. The number of benzene rings is 1. The Bertz CT molecular complexity index is 747. The van der Waals surface area contributed by atoms with Crippen molar-refractivity contribution in [2.75, 3.05) is 19.7 Å². The molecular formula is C22H35N3O6. The smallest absolute Gasteiger partial charge is 0.408 e. The minimum Gasteiger partial charge on any atom is -0.508 e. The molecule has 4 N–H and O–H groups in total. The Morgan fingerprint density at radius 1 is 1.19 bits per heavy atom. The van der Waals surface area contributed by atoms with Crippen LogP contribution in [0.15, 0.2) is 24.3 Å². The average Bonchev–Trinajstić information content (AvgIpc) is 2.67. The third kappa shape index (κ3) is 8.45. The van der Waals surface area contributed by atoms with Crippen molar-refractivity contribution >= 4 is 17.9 Å². The number of hydrogen-bond donors (Lipinski definition) is 4. The summed E-state index contributed by atoms with van der Waals surface area (Å²) >= 11 is 0. The lowest BCUT2D eigenvalue weighted by Gasteiger charge is -2.33. The van der Waals surface area contributed by atoms with Crippen molar-refractivity contribution in [2.24, 2.45) is 0 Å². The molecule has 1 rings (SSSR count). The summed E-state index contributed by atoms with van der Waals surface area (Å²) in [6.45, 7) is 8.39. The molecule has 0 bridgehead atoms. The highest BCUT2D eigenvalue weighted by Crippen LogP contribution is 2.29. The summed E-state index contributed by atoms with van der Waals surface area (Å²) in [6.07, 6.45) is 0.852. The zero-order valence-electron chi connectivity index (χ0n) is 19.0. The van der Waals surface area contributed by atoms with Crippen molar-refractivity contribution < 1.29 is 29.3 Å². The summed E-state index contributed by atoms with van der Waals surface area (Å²) in [4.78, 5) is 39.4. The van der Waals surface area contributed by atoms with Crippen LogP contribution in [0.2, 0.25) is 0 Å². The number of hydrogen-bond acceptors (Lipinski definition) is 6. The SMILES string of the molecule is CCCCNC(=O)C(c1ccccc1O)N(CCO)C(=O)C(C)NC(=O)OC(C)(C)C. The van der Waals surface area contributed by atoms with E-state index in [4.69, 9.17) is 4.74 Å². The molecule has 174 valence electrons. The highest BCUT2D eigenvalue weighted by Gasteiger charge is 2.35. The number of aromatic hydroxyl groups is 1. The second-order valence-corrected chi connectivity index (χ2v) is 8.23. The fourth-order valence-corrected chi connectivity index (χ4v) is 2.92. The van der Waals surface area contributed by atoms with E-state index in [9.17, 15) is 24.6 Å². The molecule has 0 aliphatic rings. The van der Waals surface area contributed by atoms with E-state index in [-0.39, 0.29) is 17.9 Å². The molecular weight excluding hydrogens is 402 g/mol. The van der Waals surface area contributed by atoms with Gasteiger partial charge in [0.2, 0.25) is 11.8 Å². The number of carbonyl (C=O) groups is 3. The van der Waals surface area contributed by atoms with Gasteiger partial charge in [0, 0.05) is 18.7 Å². The molecule has 1 aromatic carbocycles. The fraction of sp³-hybridized carbons (Fsp3) is 0.591. The molecule has 9 heteroatoms. The van der Waals surface area contributed by atoms with Crippen LogP contribution in [-0.4, -0.2) is 64.4 Å². The Morgan fingerprint density at radius 2 is 1.84 bits per heavy atom. The number of alkyl carbamates (subject to hydrolysis) is 1. The van der Waals surface area contributed by atoms with Crippen molar-refractivity contribution in [1.29, 1.82) is 0 Å². The average molecular weight is 438 g/mol. The van der Waals surface area contributed by atoms with Gasteiger partial charge in [-0.25, -0.2) is 4.79 Å². The molecule has 2 unspecified atom stereocenters. The normalized spacial score (nSPS) is 13.1. The number of para-hydroxylation sites is 1. The molecule has 0 saturated carbocycles. The Labute approximate surface area is 183 Å². The topological polar surface area (TPSA) is 128 Å². The summed E-state index contributed by atoms with van der Waals surface area (Å²) in [5, 5.41) is 25.1. The zero-order valence-corrected chi connectivity index (χ0v) is 19.0. The number of aliphatic hydroxyl groups excluding tert-OH is 1. The largest absolute Gasteiger partial charge is 0.508 e. The summed E-state index contributed by atoms with van der Waals surface area (Å²) in [5.74, 6) is -1.23. The number of phenols is 1. The van der Waals surface area contributed by atoms with Gasteiger partial charge in [-0.3, -0.25) is 9.59 Å². The fourth-order valence-electron chi connectivity index (χ4n) is 2.92. The van der Waals surface area contributed by atoms with Gasteiger partial charge in [0.25, 0.3) is 0 Å². The van der Waals surface area contributed by atoms with Crippen LogP contribution in [0.4, 0.5) is 4.79 Å². The van der Waals surface area contributed by atoms with Gasteiger partial charge in [0.15, 0.2) is 0 Å². The molecule has 3 amide bonds. The number of phenolic OH excluding ortho intramolecular Hbond substituents is 1. The maximum atomic E-state index is 13.2. The van der Waals surface area contributed by atoms with E-state index in [2.05, 4.69) is 10.6 Å². The molecule has 0 spiro atoms. The Morgan fingerprint density at radius 3 is 2.39 bits per heavy atom. The maximum Gasteiger partial charge on any atom is 0.408 e. The lowest BCUT2D eigenvalue weighted by Crippen LogP contribution is -2.52. The van der Waals surface area contributed by atoms with Gasteiger partial charge in [-0.15, -0.1) is 0 Å². The van der Waals surface area contributed by atoms with Crippen LogP contribution in [0.1, 0.15) is 59.1 Å². The van der Waals surface area contributed by atoms with Crippen molar-refractivity contribution in [2.45, 2.75) is 65.1 Å². The van der Waals surface area contributed by atoms with Crippen molar-refractivity contribution in [3.8, 4) is 5.75 Å². The van der Waals surface area contributed by atoms with E-state index in [1.165, 1.54) is 13.0 Å². The molecule has 1 aromatic rings. The second kappa shape index (κ2) is 12.1. The predicted molar refractivity (Wildman–Crippen MR) is 116 cm³/mol. The first-order valence-electron chi connectivity index (χ1n) is 10.5. The van der Waals surface area contributed by atoms with Crippen LogP contribution >= 0.6 is 0 Å². The van der Waals surface area contributed by atoms with Gasteiger partial charge in [0.1, 0.15) is 23.4 Å². The first-order chi connectivity index (χ1) is 14.5. The number of carbonyl (C=O) groups excluding carboxylic acids is 3. The quantitative estimate of drug-likeness (QED) is 0.415. The molecule has 0 saturated heterocycles. The third-order valence-corrected chi connectivity index (χ3v) is 4.35. The van der Waals surface area contributed by atoms with Gasteiger partial charge in [-0.05, 0) is 40.2 Å². The minimum atomic E-state index is -1.18. The maximum absolute atomic E-state index is 13.2. The molecule has 9 nitrogen and oxygen atoms in total. The van der Waals surface area contributed by atoms with Gasteiger partial charge >= 0.3 is 6.09 Å². The molecule has 0 aliphatic heterocycles. The van der Waals surface area contributed by atoms with Crippen LogP contribution in [0.25, 0.3) is 0 Å². The molecule has 0 heterocycles. The molecule has 0 aromatic heterocycles. The predicted octanol–water partition coefficient (Wildman–Crippen LogP) is 2.08. The number of amides is 3. The summed E-state index contributed by atoms with van der Waals surface area (Å²) in [6, 6.07) is 4.01. The van der Waals surface area contributed by atoms with Gasteiger partial charge in [-0.1, -0.05) is 31.5 Å². The lowest BCUT2D eigenvalue weighted by atomic mass is 10.0. The van der Waals surface area contributed by atoms with Crippen LogP contribution in [0.5, 0.6) is 5.75 Å². The van der Waals surface area contributed by atoms with Crippen LogP contribution in [0.3, 0.4) is 0 Å². The summed E-state index contributed by atoms with van der Waals surface area (Å²) < 4.78 is 5.19.